The summed E-state index contributed by atoms with van der Waals surface area (Å²) in [6.07, 6.45) is 8.50. The molecule has 8 heteroatoms. The van der Waals surface area contributed by atoms with Gasteiger partial charge in [-0.15, -0.1) is 0 Å². The Bertz CT molecular complexity index is 1880. The molecule has 0 saturated carbocycles. The Labute approximate surface area is 253 Å². The van der Waals surface area contributed by atoms with Crippen molar-refractivity contribution in [3.8, 4) is 6.07 Å². The number of carbonyl (C=O) groups excluding carboxylic acids is 1. The lowest BCUT2D eigenvalue weighted by Crippen LogP contribution is -2.32. The van der Waals surface area contributed by atoms with E-state index >= 15 is 0 Å². The van der Waals surface area contributed by atoms with E-state index in [1.807, 2.05) is 78.0 Å². The van der Waals surface area contributed by atoms with Gasteiger partial charge in [0.15, 0.2) is 5.70 Å². The van der Waals surface area contributed by atoms with Crippen LogP contribution in [0.2, 0.25) is 0 Å². The highest BCUT2D eigenvalue weighted by atomic mass is 16.1. The lowest BCUT2D eigenvalue weighted by atomic mass is 10.0. The predicted octanol–water partition coefficient (Wildman–Crippen LogP) is 5.86. The molecule has 7 N–H and O–H groups in total. The number of hydrogen-bond donors (Lipinski definition) is 5. The number of aryl methyl sites for hydroxylation is 1. The Hall–Kier alpha value is -5.16. The maximum atomic E-state index is 13.0. The van der Waals surface area contributed by atoms with Crippen molar-refractivity contribution in [3.05, 3.63) is 92.7 Å². The molecule has 3 aromatic rings. The fourth-order valence-electron chi connectivity index (χ4n) is 4.77. The number of aliphatic imine (C=N–C) groups is 1. The molecule has 222 valence electrons. The number of H-pyrrole nitrogens is 1. The Morgan fingerprint density at radius 1 is 1.14 bits per heavy atom. The molecule has 0 aliphatic heterocycles. The number of nitrogens with two attached hydrogens (primary N) is 2. The molecule has 0 unspecified atom stereocenters. The molecule has 1 aromatic heterocycles. The minimum absolute atomic E-state index is 0.0703. The number of nitriles is 1. The Morgan fingerprint density at radius 2 is 1.86 bits per heavy atom. The summed E-state index contributed by atoms with van der Waals surface area (Å²) >= 11 is 0. The zero-order valence-electron chi connectivity index (χ0n) is 26.1. The SMILES string of the molecule is C\C=C(C#N)/C(=C\C=C(/C)CC)Nc1cc(C)ccc1C(C)=N/C(C(N)=O)=c1/[nH]c2ccc(N)c(C=N)c2/c1=C(/C)CC. The Kier molecular flexibility index (Phi) is 10.6. The van der Waals surface area contributed by atoms with Crippen LogP contribution in [0.1, 0.15) is 71.1 Å². The maximum absolute atomic E-state index is 13.0. The Balaban J connectivity index is 2.38. The van der Waals surface area contributed by atoms with Crippen molar-refractivity contribution in [1.82, 2.24) is 4.98 Å². The molecular formula is C35H41N7O. The van der Waals surface area contributed by atoms with E-state index in [0.29, 0.717) is 40.0 Å². The maximum Gasteiger partial charge on any atom is 0.269 e. The van der Waals surface area contributed by atoms with E-state index in [4.69, 9.17) is 21.9 Å². The van der Waals surface area contributed by atoms with Crippen LogP contribution in [-0.2, 0) is 4.79 Å². The number of aromatic nitrogens is 1. The number of carbonyl (C=O) groups is 1. The number of anilines is 2. The molecule has 2 aromatic carbocycles. The van der Waals surface area contributed by atoms with Crippen LogP contribution in [0.3, 0.4) is 0 Å². The van der Waals surface area contributed by atoms with Crippen molar-refractivity contribution in [2.75, 3.05) is 11.1 Å². The van der Waals surface area contributed by atoms with Crippen molar-refractivity contribution < 1.29 is 4.79 Å². The number of nitrogen functional groups attached to an aromatic ring is 1. The number of aromatic amines is 1. The summed E-state index contributed by atoms with van der Waals surface area (Å²) in [4.78, 5) is 21.1. The van der Waals surface area contributed by atoms with Gasteiger partial charge in [0.05, 0.1) is 16.6 Å². The zero-order valence-corrected chi connectivity index (χ0v) is 26.1. The second-order valence-corrected chi connectivity index (χ2v) is 10.5. The molecular weight excluding hydrogens is 534 g/mol. The van der Waals surface area contributed by atoms with E-state index in [9.17, 15) is 10.1 Å². The van der Waals surface area contributed by atoms with Gasteiger partial charge in [-0.2, -0.15) is 5.26 Å². The van der Waals surface area contributed by atoms with Crippen molar-refractivity contribution in [1.29, 1.82) is 10.7 Å². The topological polar surface area (TPSA) is 157 Å². The summed E-state index contributed by atoms with van der Waals surface area (Å²) in [5, 5.41) is 23.3. The molecule has 0 atom stereocenters. The molecule has 0 aliphatic carbocycles. The van der Waals surface area contributed by atoms with Gasteiger partial charge in [-0.1, -0.05) is 49.3 Å². The molecule has 0 spiro atoms. The van der Waals surface area contributed by atoms with Crippen molar-refractivity contribution >= 4 is 51.4 Å². The van der Waals surface area contributed by atoms with Crippen LogP contribution in [0, 0.1) is 23.7 Å². The number of amides is 1. The Morgan fingerprint density at radius 3 is 2.44 bits per heavy atom. The number of primary amides is 1. The molecule has 43 heavy (non-hydrogen) atoms. The molecule has 8 nitrogen and oxygen atoms in total. The van der Waals surface area contributed by atoms with E-state index < -0.39 is 5.91 Å². The van der Waals surface area contributed by atoms with E-state index in [-0.39, 0.29) is 5.70 Å². The smallest absolute Gasteiger partial charge is 0.269 e. The molecule has 1 amide bonds. The lowest BCUT2D eigenvalue weighted by molar-refractivity contribution is -0.113. The van der Waals surface area contributed by atoms with Crippen LogP contribution >= 0.6 is 0 Å². The molecule has 1 heterocycles. The fraction of sp³-hybridized carbons (Fsp3) is 0.257. The van der Waals surface area contributed by atoms with E-state index in [2.05, 4.69) is 23.3 Å². The number of nitrogens with zero attached hydrogens (tertiary/aromatic N) is 2. The lowest BCUT2D eigenvalue weighted by Gasteiger charge is -2.15. The summed E-state index contributed by atoms with van der Waals surface area (Å²) in [6, 6.07) is 11.7. The third-order valence-electron chi connectivity index (χ3n) is 7.52. The normalized spacial score (nSPS) is 14.4. The molecule has 0 bridgehead atoms. The largest absolute Gasteiger partial charge is 0.398 e. The third-order valence-corrected chi connectivity index (χ3v) is 7.52. The van der Waals surface area contributed by atoms with Gasteiger partial charge in [0, 0.05) is 50.5 Å². The van der Waals surface area contributed by atoms with E-state index in [0.717, 1.165) is 44.9 Å². The monoisotopic (exact) mass is 575 g/mol. The molecule has 0 fully saturated rings. The number of fused-ring (bicyclic) bond motifs is 1. The number of hydrogen-bond acceptors (Lipinski definition) is 6. The first-order valence-corrected chi connectivity index (χ1v) is 14.3. The molecule has 0 aliphatic rings. The van der Waals surface area contributed by atoms with Gasteiger partial charge in [-0.25, -0.2) is 4.99 Å². The quantitative estimate of drug-likeness (QED) is 0.0888. The molecule has 0 saturated heterocycles. The highest BCUT2D eigenvalue weighted by Crippen LogP contribution is 2.24. The predicted molar refractivity (Wildman–Crippen MR) is 180 cm³/mol. The second-order valence-electron chi connectivity index (χ2n) is 10.5. The zero-order chi connectivity index (χ0) is 31.8. The highest BCUT2D eigenvalue weighted by molar-refractivity contribution is 6.17. The first-order chi connectivity index (χ1) is 20.5. The van der Waals surface area contributed by atoms with Gasteiger partial charge in [-0.3, -0.25) is 4.79 Å². The van der Waals surface area contributed by atoms with Gasteiger partial charge < -0.3 is 27.2 Å². The summed E-state index contributed by atoms with van der Waals surface area (Å²) in [5.74, 6) is -0.691. The van der Waals surface area contributed by atoms with Crippen LogP contribution in [0.25, 0.3) is 22.2 Å². The van der Waals surface area contributed by atoms with Crippen LogP contribution in [-0.4, -0.2) is 22.8 Å². The van der Waals surface area contributed by atoms with Gasteiger partial charge in [0.2, 0.25) is 0 Å². The summed E-state index contributed by atoms with van der Waals surface area (Å²) in [6.45, 7) is 13.8. The van der Waals surface area contributed by atoms with Gasteiger partial charge in [0.1, 0.15) is 6.07 Å². The average molecular weight is 576 g/mol. The van der Waals surface area contributed by atoms with Gasteiger partial charge >= 0.3 is 0 Å². The molecule has 3 rings (SSSR count). The average Bonchev–Trinajstić information content (AvgIpc) is 3.37. The third kappa shape index (κ3) is 7.02. The highest BCUT2D eigenvalue weighted by Gasteiger charge is 2.17. The summed E-state index contributed by atoms with van der Waals surface area (Å²) < 4.78 is 0. The van der Waals surface area contributed by atoms with Crippen molar-refractivity contribution in [2.45, 2.75) is 61.3 Å². The summed E-state index contributed by atoms with van der Waals surface area (Å²) in [7, 11) is 0. The fourth-order valence-corrected chi connectivity index (χ4v) is 4.77. The number of benzene rings is 2. The van der Waals surface area contributed by atoms with Gasteiger partial charge in [0.25, 0.3) is 5.91 Å². The van der Waals surface area contributed by atoms with Crippen LogP contribution in [0.15, 0.2) is 70.4 Å². The number of rotatable bonds is 10. The standard InChI is InChI=1S/C35H41N7O/c1-8-20(4)12-15-28(24(10-3)18-36)41-30-17-21(5)11-13-25(30)23(7)40-34(35(39)43)33-31(22(6)9-2)32-26(19-37)27(38)14-16-29(32)42-33/h10-17,19,37,41-42H,8-9,38H2,1-7H3,(H2,39,43)/b20-12+,24-10-,28-15+,31-22+,34-33+,37-19?,40-23?. The number of nitrogens with one attached hydrogen (secondary N) is 3. The first kappa shape index (κ1) is 32.4. The van der Waals surface area contributed by atoms with Crippen LogP contribution < -0.4 is 27.4 Å². The van der Waals surface area contributed by atoms with Crippen molar-refractivity contribution in [2.24, 2.45) is 10.7 Å². The number of allylic oxidation sites excluding steroid dienone is 5. The van der Waals surface area contributed by atoms with E-state index in [1.165, 1.54) is 11.8 Å². The van der Waals surface area contributed by atoms with Crippen molar-refractivity contribution in [3.63, 3.8) is 0 Å². The minimum atomic E-state index is -0.691. The summed E-state index contributed by atoms with van der Waals surface area (Å²) in [5.41, 5.74) is 20.4. The van der Waals surface area contributed by atoms with Crippen LogP contribution in [0.5, 0.6) is 0 Å². The first-order valence-electron chi connectivity index (χ1n) is 14.3. The molecule has 0 radical (unpaired) electrons. The van der Waals surface area contributed by atoms with Crippen LogP contribution in [0.4, 0.5) is 11.4 Å². The minimum Gasteiger partial charge on any atom is -0.398 e. The van der Waals surface area contributed by atoms with Gasteiger partial charge in [-0.05, 0) is 77.3 Å². The second kappa shape index (κ2) is 14.1. The van der Waals surface area contributed by atoms with E-state index in [1.54, 1.807) is 12.1 Å².